The summed E-state index contributed by atoms with van der Waals surface area (Å²) < 4.78 is 0. The SMILES string of the molecule is Cc1ccc(CC2CCCCC(=O)C2)cc1C. The molecule has 0 aromatic heterocycles. The second-order valence-corrected chi connectivity index (χ2v) is 5.48. The molecular formula is C16H22O. The maximum atomic E-state index is 11.6. The molecule has 0 bridgehead atoms. The molecule has 1 unspecified atom stereocenters. The number of ketones is 1. The molecule has 1 nitrogen and oxygen atoms in total. The van der Waals surface area contributed by atoms with Gasteiger partial charge >= 0.3 is 0 Å². The molecule has 1 aliphatic carbocycles. The van der Waals surface area contributed by atoms with Crippen LogP contribution in [0.1, 0.15) is 48.8 Å². The summed E-state index contributed by atoms with van der Waals surface area (Å²) in [7, 11) is 0. The van der Waals surface area contributed by atoms with Gasteiger partial charge in [0, 0.05) is 12.8 Å². The normalized spacial score (nSPS) is 21.3. The van der Waals surface area contributed by atoms with Gasteiger partial charge in [0.2, 0.25) is 0 Å². The summed E-state index contributed by atoms with van der Waals surface area (Å²) in [4.78, 5) is 11.6. The third-order valence-electron chi connectivity index (χ3n) is 3.93. The Morgan fingerprint density at radius 1 is 1.18 bits per heavy atom. The van der Waals surface area contributed by atoms with E-state index in [-0.39, 0.29) is 0 Å². The molecule has 0 radical (unpaired) electrons. The molecule has 0 spiro atoms. The van der Waals surface area contributed by atoms with Crippen molar-refractivity contribution < 1.29 is 4.79 Å². The topological polar surface area (TPSA) is 17.1 Å². The first kappa shape index (κ1) is 12.3. The summed E-state index contributed by atoms with van der Waals surface area (Å²) in [5.41, 5.74) is 4.11. The van der Waals surface area contributed by atoms with Crippen LogP contribution in [0.4, 0.5) is 0 Å². The van der Waals surface area contributed by atoms with Gasteiger partial charge in [-0.05, 0) is 55.7 Å². The molecule has 1 saturated carbocycles. The van der Waals surface area contributed by atoms with E-state index < -0.39 is 0 Å². The summed E-state index contributed by atoms with van der Waals surface area (Å²) in [6, 6.07) is 6.70. The highest BCUT2D eigenvalue weighted by atomic mass is 16.1. The number of carbonyl (C=O) groups excluding carboxylic acids is 1. The van der Waals surface area contributed by atoms with Crippen molar-refractivity contribution in [3.63, 3.8) is 0 Å². The number of hydrogen-bond donors (Lipinski definition) is 0. The molecule has 1 aromatic carbocycles. The molecule has 0 heterocycles. The first-order valence-electron chi connectivity index (χ1n) is 6.73. The second kappa shape index (κ2) is 5.48. The molecule has 1 aliphatic rings. The van der Waals surface area contributed by atoms with Crippen molar-refractivity contribution in [2.45, 2.75) is 52.4 Å². The van der Waals surface area contributed by atoms with Crippen molar-refractivity contribution >= 4 is 5.78 Å². The van der Waals surface area contributed by atoms with Crippen molar-refractivity contribution in [3.8, 4) is 0 Å². The van der Waals surface area contributed by atoms with Gasteiger partial charge in [-0.3, -0.25) is 4.79 Å². The Balaban J connectivity index is 2.03. The Hall–Kier alpha value is -1.11. The Bertz CT molecular complexity index is 406. The highest BCUT2D eigenvalue weighted by Gasteiger charge is 2.18. The van der Waals surface area contributed by atoms with Gasteiger partial charge in [-0.15, -0.1) is 0 Å². The Labute approximate surface area is 104 Å². The lowest BCUT2D eigenvalue weighted by Gasteiger charge is -2.14. The van der Waals surface area contributed by atoms with Crippen LogP contribution in [0.25, 0.3) is 0 Å². The van der Waals surface area contributed by atoms with E-state index in [0.29, 0.717) is 11.7 Å². The average Bonchev–Trinajstić information content (AvgIpc) is 2.48. The van der Waals surface area contributed by atoms with Gasteiger partial charge in [0.1, 0.15) is 5.78 Å². The van der Waals surface area contributed by atoms with Crippen LogP contribution in [0.3, 0.4) is 0 Å². The van der Waals surface area contributed by atoms with Crippen molar-refractivity contribution in [2.75, 3.05) is 0 Å². The fraction of sp³-hybridized carbons (Fsp3) is 0.562. The van der Waals surface area contributed by atoms with Crippen LogP contribution in [-0.4, -0.2) is 5.78 Å². The molecule has 92 valence electrons. The van der Waals surface area contributed by atoms with Gasteiger partial charge in [0.05, 0.1) is 0 Å². The van der Waals surface area contributed by atoms with Gasteiger partial charge < -0.3 is 0 Å². The minimum Gasteiger partial charge on any atom is -0.300 e. The third-order valence-corrected chi connectivity index (χ3v) is 3.93. The van der Waals surface area contributed by atoms with Crippen molar-refractivity contribution in [1.82, 2.24) is 0 Å². The highest BCUT2D eigenvalue weighted by molar-refractivity contribution is 5.78. The van der Waals surface area contributed by atoms with Crippen molar-refractivity contribution in [2.24, 2.45) is 5.92 Å². The van der Waals surface area contributed by atoms with Crippen LogP contribution in [0.5, 0.6) is 0 Å². The summed E-state index contributed by atoms with van der Waals surface area (Å²) >= 11 is 0. The number of carbonyl (C=O) groups is 1. The van der Waals surface area contributed by atoms with Gasteiger partial charge in [-0.1, -0.05) is 24.6 Å². The molecule has 17 heavy (non-hydrogen) atoms. The zero-order valence-electron chi connectivity index (χ0n) is 11.0. The second-order valence-electron chi connectivity index (χ2n) is 5.48. The molecule has 1 aromatic rings. The lowest BCUT2D eigenvalue weighted by molar-refractivity contribution is -0.119. The first-order chi connectivity index (χ1) is 8.15. The fourth-order valence-corrected chi connectivity index (χ4v) is 2.72. The summed E-state index contributed by atoms with van der Waals surface area (Å²) in [6.45, 7) is 4.31. The molecular weight excluding hydrogens is 208 g/mol. The monoisotopic (exact) mass is 230 g/mol. The average molecular weight is 230 g/mol. The standard InChI is InChI=1S/C16H22O/c1-12-7-8-15(9-13(12)2)10-14-5-3-4-6-16(17)11-14/h7-9,14H,3-6,10-11H2,1-2H3. The van der Waals surface area contributed by atoms with E-state index in [9.17, 15) is 4.79 Å². The van der Waals surface area contributed by atoms with Crippen LogP contribution in [-0.2, 0) is 11.2 Å². The van der Waals surface area contributed by atoms with Gasteiger partial charge in [-0.25, -0.2) is 0 Å². The third kappa shape index (κ3) is 3.42. The van der Waals surface area contributed by atoms with E-state index in [2.05, 4.69) is 32.0 Å². The fourth-order valence-electron chi connectivity index (χ4n) is 2.72. The van der Waals surface area contributed by atoms with Crippen LogP contribution in [0.2, 0.25) is 0 Å². The number of benzene rings is 1. The van der Waals surface area contributed by atoms with Gasteiger partial charge in [0.15, 0.2) is 0 Å². The molecule has 2 rings (SSSR count). The molecule has 0 amide bonds. The van der Waals surface area contributed by atoms with E-state index in [4.69, 9.17) is 0 Å². The molecule has 1 atom stereocenters. The predicted molar refractivity (Wildman–Crippen MR) is 71.2 cm³/mol. The number of hydrogen-bond acceptors (Lipinski definition) is 1. The first-order valence-corrected chi connectivity index (χ1v) is 6.73. The lowest BCUT2D eigenvalue weighted by Crippen LogP contribution is -2.08. The van der Waals surface area contributed by atoms with Gasteiger partial charge in [0.25, 0.3) is 0 Å². The number of aryl methyl sites for hydroxylation is 2. The Morgan fingerprint density at radius 3 is 2.76 bits per heavy atom. The van der Waals surface area contributed by atoms with E-state index in [0.717, 1.165) is 25.7 Å². The zero-order chi connectivity index (χ0) is 12.3. The number of rotatable bonds is 2. The zero-order valence-corrected chi connectivity index (χ0v) is 11.0. The molecule has 0 aliphatic heterocycles. The molecule has 1 fully saturated rings. The van der Waals surface area contributed by atoms with E-state index in [1.807, 2.05) is 0 Å². The van der Waals surface area contributed by atoms with Crippen molar-refractivity contribution in [3.05, 3.63) is 34.9 Å². The maximum absolute atomic E-state index is 11.6. The van der Waals surface area contributed by atoms with E-state index >= 15 is 0 Å². The minimum absolute atomic E-state index is 0.469. The predicted octanol–water partition coefficient (Wildman–Crippen LogP) is 4.00. The van der Waals surface area contributed by atoms with Crippen LogP contribution in [0, 0.1) is 19.8 Å². The maximum Gasteiger partial charge on any atom is 0.133 e. The number of Topliss-reactive ketones (excluding diaryl/α,β-unsaturated/α-hetero) is 1. The van der Waals surface area contributed by atoms with Crippen LogP contribution >= 0.6 is 0 Å². The smallest absolute Gasteiger partial charge is 0.133 e. The van der Waals surface area contributed by atoms with E-state index in [1.165, 1.54) is 29.5 Å². The minimum atomic E-state index is 0.469. The Kier molecular flexibility index (Phi) is 3.98. The lowest BCUT2D eigenvalue weighted by atomic mass is 9.91. The quantitative estimate of drug-likeness (QED) is 0.702. The van der Waals surface area contributed by atoms with E-state index in [1.54, 1.807) is 0 Å². The molecule has 1 heteroatoms. The van der Waals surface area contributed by atoms with Crippen LogP contribution < -0.4 is 0 Å². The Morgan fingerprint density at radius 2 is 2.00 bits per heavy atom. The largest absolute Gasteiger partial charge is 0.300 e. The van der Waals surface area contributed by atoms with Crippen LogP contribution in [0.15, 0.2) is 18.2 Å². The van der Waals surface area contributed by atoms with Gasteiger partial charge in [-0.2, -0.15) is 0 Å². The summed E-state index contributed by atoms with van der Waals surface area (Å²) in [6.07, 6.45) is 6.23. The molecule has 0 saturated heterocycles. The van der Waals surface area contributed by atoms with Crippen molar-refractivity contribution in [1.29, 1.82) is 0 Å². The summed E-state index contributed by atoms with van der Waals surface area (Å²) in [5.74, 6) is 1.04. The molecule has 0 N–H and O–H groups in total. The summed E-state index contributed by atoms with van der Waals surface area (Å²) in [5, 5.41) is 0. The highest BCUT2D eigenvalue weighted by Crippen LogP contribution is 2.25.